The van der Waals surface area contributed by atoms with Gasteiger partial charge in [-0.05, 0) is 25.2 Å². The number of nitrogens with zero attached hydrogens (tertiary/aromatic N) is 3. The van der Waals surface area contributed by atoms with Crippen LogP contribution in [0.15, 0.2) is 36.4 Å². The summed E-state index contributed by atoms with van der Waals surface area (Å²) in [7, 11) is 1.87. The van der Waals surface area contributed by atoms with Gasteiger partial charge in [0.1, 0.15) is 5.82 Å². The SMILES string of the molecule is CNCCC(=O)N1CCN(c2ccc3ccccc3n2)CC1.Cl.Cl. The minimum Gasteiger partial charge on any atom is -0.353 e. The highest BCUT2D eigenvalue weighted by Crippen LogP contribution is 2.19. The topological polar surface area (TPSA) is 48.5 Å². The van der Waals surface area contributed by atoms with Gasteiger partial charge in [-0.3, -0.25) is 4.79 Å². The molecule has 1 aromatic carbocycles. The first-order chi connectivity index (χ1) is 10.8. The quantitative estimate of drug-likeness (QED) is 0.896. The lowest BCUT2D eigenvalue weighted by molar-refractivity contribution is -0.131. The number of hydrogen-bond acceptors (Lipinski definition) is 4. The first-order valence-electron chi connectivity index (χ1n) is 7.81. The van der Waals surface area contributed by atoms with Crippen LogP contribution in [0.3, 0.4) is 0 Å². The molecule has 0 atom stereocenters. The third-order valence-corrected chi connectivity index (χ3v) is 4.13. The molecule has 1 aromatic heterocycles. The van der Waals surface area contributed by atoms with Gasteiger partial charge in [0.05, 0.1) is 5.52 Å². The zero-order valence-electron chi connectivity index (χ0n) is 13.8. The Bertz CT molecular complexity index is 660. The number of para-hydroxylation sites is 1. The summed E-state index contributed by atoms with van der Waals surface area (Å²) < 4.78 is 0. The molecular formula is C17H24Cl2N4O. The van der Waals surface area contributed by atoms with Crippen LogP contribution in [0.2, 0.25) is 0 Å². The van der Waals surface area contributed by atoms with Crippen LogP contribution in [0.1, 0.15) is 6.42 Å². The molecule has 0 bridgehead atoms. The van der Waals surface area contributed by atoms with Crippen molar-refractivity contribution in [3.05, 3.63) is 36.4 Å². The van der Waals surface area contributed by atoms with Crippen molar-refractivity contribution in [2.45, 2.75) is 6.42 Å². The van der Waals surface area contributed by atoms with E-state index in [-0.39, 0.29) is 30.7 Å². The van der Waals surface area contributed by atoms with Crippen LogP contribution in [0.25, 0.3) is 10.9 Å². The summed E-state index contributed by atoms with van der Waals surface area (Å²) in [4.78, 5) is 21.0. The molecule has 3 rings (SSSR count). The smallest absolute Gasteiger partial charge is 0.223 e. The second-order valence-corrected chi connectivity index (χ2v) is 5.58. The number of anilines is 1. The number of aromatic nitrogens is 1. The van der Waals surface area contributed by atoms with E-state index in [9.17, 15) is 4.79 Å². The number of halogens is 2. The van der Waals surface area contributed by atoms with E-state index in [0.717, 1.165) is 49.4 Å². The summed E-state index contributed by atoms with van der Waals surface area (Å²) in [5.74, 6) is 1.24. The molecule has 0 saturated carbocycles. The van der Waals surface area contributed by atoms with Crippen molar-refractivity contribution in [3.8, 4) is 0 Å². The number of carbonyl (C=O) groups is 1. The summed E-state index contributed by atoms with van der Waals surface area (Å²) in [6.07, 6.45) is 0.574. The maximum atomic E-state index is 12.0. The maximum absolute atomic E-state index is 12.0. The number of fused-ring (bicyclic) bond motifs is 1. The van der Waals surface area contributed by atoms with Crippen molar-refractivity contribution in [1.82, 2.24) is 15.2 Å². The number of amides is 1. The maximum Gasteiger partial charge on any atom is 0.223 e. The zero-order chi connectivity index (χ0) is 15.4. The first kappa shape index (κ1) is 20.5. The Morgan fingerprint density at radius 1 is 1.08 bits per heavy atom. The second-order valence-electron chi connectivity index (χ2n) is 5.58. The van der Waals surface area contributed by atoms with Crippen molar-refractivity contribution in [1.29, 1.82) is 0 Å². The fourth-order valence-electron chi connectivity index (χ4n) is 2.81. The number of benzene rings is 1. The number of piperazine rings is 1. The molecular weight excluding hydrogens is 347 g/mol. The van der Waals surface area contributed by atoms with Crippen LogP contribution in [0.4, 0.5) is 5.82 Å². The molecule has 1 N–H and O–H groups in total. The normalized spacial score (nSPS) is 14.0. The van der Waals surface area contributed by atoms with Gasteiger partial charge in [-0.15, -0.1) is 24.8 Å². The van der Waals surface area contributed by atoms with Gasteiger partial charge in [-0.1, -0.05) is 18.2 Å². The molecule has 1 saturated heterocycles. The molecule has 0 unspecified atom stereocenters. The van der Waals surface area contributed by atoms with Gasteiger partial charge in [-0.25, -0.2) is 4.98 Å². The third-order valence-electron chi connectivity index (χ3n) is 4.13. The highest BCUT2D eigenvalue weighted by atomic mass is 35.5. The van der Waals surface area contributed by atoms with Gasteiger partial charge in [0, 0.05) is 44.5 Å². The van der Waals surface area contributed by atoms with E-state index in [0.29, 0.717) is 6.42 Å². The lowest BCUT2D eigenvalue weighted by Gasteiger charge is -2.35. The van der Waals surface area contributed by atoms with E-state index < -0.39 is 0 Å². The molecule has 1 amide bonds. The fraction of sp³-hybridized carbons (Fsp3) is 0.412. The lowest BCUT2D eigenvalue weighted by Crippen LogP contribution is -2.49. The lowest BCUT2D eigenvalue weighted by atomic mass is 10.2. The van der Waals surface area contributed by atoms with E-state index >= 15 is 0 Å². The molecule has 2 heterocycles. The van der Waals surface area contributed by atoms with Gasteiger partial charge in [0.15, 0.2) is 0 Å². The van der Waals surface area contributed by atoms with Crippen molar-refractivity contribution in [2.24, 2.45) is 0 Å². The van der Waals surface area contributed by atoms with Crippen LogP contribution < -0.4 is 10.2 Å². The largest absolute Gasteiger partial charge is 0.353 e. The zero-order valence-corrected chi connectivity index (χ0v) is 15.4. The van der Waals surface area contributed by atoms with E-state index in [2.05, 4.69) is 28.4 Å². The monoisotopic (exact) mass is 370 g/mol. The Labute approximate surface area is 155 Å². The van der Waals surface area contributed by atoms with Crippen LogP contribution in [0.5, 0.6) is 0 Å². The van der Waals surface area contributed by atoms with E-state index in [1.54, 1.807) is 0 Å². The molecule has 0 aliphatic carbocycles. The summed E-state index contributed by atoms with van der Waals surface area (Å²) >= 11 is 0. The molecule has 2 aromatic rings. The van der Waals surface area contributed by atoms with E-state index in [1.165, 1.54) is 0 Å². The third kappa shape index (κ3) is 4.72. The van der Waals surface area contributed by atoms with Gasteiger partial charge in [-0.2, -0.15) is 0 Å². The molecule has 0 spiro atoms. The minimum atomic E-state index is 0. The summed E-state index contributed by atoms with van der Waals surface area (Å²) in [5, 5.41) is 4.18. The highest BCUT2D eigenvalue weighted by molar-refractivity contribution is 5.85. The molecule has 0 radical (unpaired) electrons. The number of carbonyl (C=O) groups excluding carboxylic acids is 1. The minimum absolute atomic E-state index is 0. The summed E-state index contributed by atoms with van der Waals surface area (Å²) in [5.41, 5.74) is 1.02. The average Bonchev–Trinajstić information content (AvgIpc) is 2.59. The van der Waals surface area contributed by atoms with Gasteiger partial charge in [0.25, 0.3) is 0 Å². The van der Waals surface area contributed by atoms with Crippen molar-refractivity contribution >= 4 is 47.4 Å². The standard InChI is InChI=1S/C17H22N4O.2ClH/c1-18-9-8-17(22)21-12-10-20(11-13-21)16-7-6-14-4-2-3-5-15(14)19-16;;/h2-7,18H,8-13H2,1H3;2*1H. The average molecular weight is 371 g/mol. The van der Waals surface area contributed by atoms with Gasteiger partial charge in [0.2, 0.25) is 5.91 Å². The Kier molecular flexibility index (Phi) is 8.25. The van der Waals surface area contributed by atoms with Crippen molar-refractivity contribution < 1.29 is 4.79 Å². The first-order valence-corrected chi connectivity index (χ1v) is 7.81. The predicted molar refractivity (Wildman–Crippen MR) is 104 cm³/mol. The van der Waals surface area contributed by atoms with Crippen LogP contribution in [-0.4, -0.2) is 55.6 Å². The Morgan fingerprint density at radius 3 is 2.50 bits per heavy atom. The van der Waals surface area contributed by atoms with Crippen molar-refractivity contribution in [2.75, 3.05) is 44.7 Å². The van der Waals surface area contributed by atoms with Crippen molar-refractivity contribution in [3.63, 3.8) is 0 Å². The Morgan fingerprint density at radius 2 is 1.79 bits per heavy atom. The Hall–Kier alpha value is -1.56. The van der Waals surface area contributed by atoms with Crippen LogP contribution in [0, 0.1) is 0 Å². The van der Waals surface area contributed by atoms with Gasteiger partial charge < -0.3 is 15.1 Å². The fourth-order valence-corrected chi connectivity index (χ4v) is 2.81. The summed E-state index contributed by atoms with van der Waals surface area (Å²) in [6, 6.07) is 12.3. The number of rotatable bonds is 4. The van der Waals surface area contributed by atoms with Crippen LogP contribution in [-0.2, 0) is 4.79 Å². The van der Waals surface area contributed by atoms with E-state index in [4.69, 9.17) is 4.98 Å². The highest BCUT2D eigenvalue weighted by Gasteiger charge is 2.21. The number of pyridine rings is 1. The molecule has 24 heavy (non-hydrogen) atoms. The van der Waals surface area contributed by atoms with Gasteiger partial charge >= 0.3 is 0 Å². The summed E-state index contributed by atoms with van der Waals surface area (Å²) in [6.45, 7) is 3.98. The molecule has 1 aliphatic rings. The molecule has 5 nitrogen and oxygen atoms in total. The molecule has 7 heteroatoms. The molecule has 1 aliphatic heterocycles. The number of hydrogen-bond donors (Lipinski definition) is 1. The van der Waals surface area contributed by atoms with Crippen LogP contribution >= 0.6 is 24.8 Å². The van der Waals surface area contributed by atoms with E-state index in [1.807, 2.05) is 30.1 Å². The number of nitrogens with one attached hydrogen (secondary N) is 1. The predicted octanol–water partition coefficient (Wildman–Crippen LogP) is 2.34. The second kappa shape index (κ2) is 9.67. The Balaban J connectivity index is 0.00000144. The molecule has 1 fully saturated rings. The molecule has 132 valence electrons.